The molecule has 2 heteroatoms. The molecule has 0 atom stereocenters. The highest BCUT2D eigenvalue weighted by Gasteiger charge is 2.01. The van der Waals surface area contributed by atoms with E-state index in [1.54, 1.807) is 0 Å². The average Bonchev–Trinajstić information content (AvgIpc) is 2.43. The second kappa shape index (κ2) is 9.37. The summed E-state index contributed by atoms with van der Waals surface area (Å²) < 4.78 is 0. The molecule has 19 heavy (non-hydrogen) atoms. The van der Waals surface area contributed by atoms with Crippen LogP contribution in [0, 0.1) is 0 Å². The summed E-state index contributed by atoms with van der Waals surface area (Å²) in [5.74, 6) is 0.109. The van der Waals surface area contributed by atoms with Gasteiger partial charge in [-0.05, 0) is 37.0 Å². The number of amides is 1. The van der Waals surface area contributed by atoms with Gasteiger partial charge in [-0.3, -0.25) is 4.79 Å². The molecule has 0 aromatic heterocycles. The largest absolute Gasteiger partial charge is 0.326 e. The number of rotatable bonds is 8. The molecule has 0 aliphatic rings. The lowest BCUT2D eigenvalue weighted by atomic mass is 10.1. The molecule has 0 unspecified atom stereocenters. The van der Waals surface area contributed by atoms with E-state index in [1.807, 2.05) is 12.1 Å². The number of allylic oxidation sites excluding steroid dienone is 2. The number of carbonyl (C=O) groups excluding carboxylic acids is 1. The van der Waals surface area contributed by atoms with Crippen LogP contribution >= 0.6 is 0 Å². The molecule has 0 aliphatic carbocycles. The first-order chi connectivity index (χ1) is 9.26. The maximum absolute atomic E-state index is 11.6. The van der Waals surface area contributed by atoms with Gasteiger partial charge in [0.2, 0.25) is 5.91 Å². The quantitative estimate of drug-likeness (QED) is 0.673. The molecule has 104 valence electrons. The maximum Gasteiger partial charge on any atom is 0.224 e. The zero-order chi connectivity index (χ0) is 13.9. The molecule has 0 spiro atoms. The van der Waals surface area contributed by atoms with Gasteiger partial charge in [0.05, 0.1) is 0 Å². The minimum Gasteiger partial charge on any atom is -0.326 e. The standard InChI is InChI=1S/C17H25NO/c1-3-5-7-8-9-15-11-13-16(14-12-15)18-17(19)10-6-4-2/h7-8,11-14H,3-6,9-10H2,1-2H3,(H,18,19). The van der Waals surface area contributed by atoms with Gasteiger partial charge >= 0.3 is 0 Å². The van der Waals surface area contributed by atoms with Gasteiger partial charge < -0.3 is 5.32 Å². The van der Waals surface area contributed by atoms with Crippen LogP contribution in [0.4, 0.5) is 5.69 Å². The van der Waals surface area contributed by atoms with Crippen molar-refractivity contribution in [1.82, 2.24) is 0 Å². The van der Waals surface area contributed by atoms with Gasteiger partial charge in [0.15, 0.2) is 0 Å². The third-order valence-corrected chi connectivity index (χ3v) is 2.97. The molecule has 0 radical (unpaired) electrons. The lowest BCUT2D eigenvalue weighted by Crippen LogP contribution is -2.10. The van der Waals surface area contributed by atoms with Crippen LogP contribution in [0.5, 0.6) is 0 Å². The smallest absolute Gasteiger partial charge is 0.224 e. The first-order valence-corrected chi connectivity index (χ1v) is 7.30. The van der Waals surface area contributed by atoms with Crippen LogP contribution in [-0.2, 0) is 11.2 Å². The monoisotopic (exact) mass is 259 g/mol. The van der Waals surface area contributed by atoms with Gasteiger partial charge in [-0.25, -0.2) is 0 Å². The van der Waals surface area contributed by atoms with Crippen molar-refractivity contribution in [2.24, 2.45) is 0 Å². The Bertz CT molecular complexity index is 392. The molecule has 2 nitrogen and oxygen atoms in total. The zero-order valence-corrected chi connectivity index (χ0v) is 12.1. The fraction of sp³-hybridized carbons (Fsp3) is 0.471. The molecule has 0 aliphatic heterocycles. The van der Waals surface area contributed by atoms with Crippen LogP contribution in [0.3, 0.4) is 0 Å². The fourth-order valence-electron chi connectivity index (χ4n) is 1.79. The molecule has 0 saturated heterocycles. The summed E-state index contributed by atoms with van der Waals surface area (Å²) in [6.45, 7) is 4.27. The minimum absolute atomic E-state index is 0.109. The van der Waals surface area contributed by atoms with Crippen molar-refractivity contribution in [2.45, 2.75) is 52.4 Å². The van der Waals surface area contributed by atoms with Crippen molar-refractivity contribution in [1.29, 1.82) is 0 Å². The van der Waals surface area contributed by atoms with E-state index in [2.05, 4.69) is 43.4 Å². The molecule has 0 fully saturated rings. The van der Waals surface area contributed by atoms with E-state index < -0.39 is 0 Å². The fourth-order valence-corrected chi connectivity index (χ4v) is 1.79. The second-order valence-corrected chi connectivity index (χ2v) is 4.81. The molecule has 1 rings (SSSR count). The van der Waals surface area contributed by atoms with E-state index >= 15 is 0 Å². The van der Waals surface area contributed by atoms with Gasteiger partial charge in [-0.15, -0.1) is 0 Å². The lowest BCUT2D eigenvalue weighted by Gasteiger charge is -2.05. The van der Waals surface area contributed by atoms with Crippen LogP contribution in [-0.4, -0.2) is 5.91 Å². The summed E-state index contributed by atoms with van der Waals surface area (Å²) in [5.41, 5.74) is 2.17. The van der Waals surface area contributed by atoms with Crippen molar-refractivity contribution < 1.29 is 4.79 Å². The SMILES string of the molecule is CCCC=CCc1ccc(NC(=O)CCCC)cc1. The van der Waals surface area contributed by atoms with Crippen molar-refractivity contribution in [3.8, 4) is 0 Å². The number of benzene rings is 1. The topological polar surface area (TPSA) is 29.1 Å². The number of unbranched alkanes of at least 4 members (excludes halogenated alkanes) is 2. The summed E-state index contributed by atoms with van der Waals surface area (Å²) in [5, 5.41) is 2.92. The Balaban J connectivity index is 2.40. The Kier molecular flexibility index (Phi) is 7.64. The van der Waals surface area contributed by atoms with Crippen LogP contribution in [0.2, 0.25) is 0 Å². The Morgan fingerprint density at radius 2 is 1.84 bits per heavy atom. The molecular formula is C17H25NO. The van der Waals surface area contributed by atoms with Crippen LogP contribution in [0.25, 0.3) is 0 Å². The zero-order valence-electron chi connectivity index (χ0n) is 12.1. The average molecular weight is 259 g/mol. The number of hydrogen-bond donors (Lipinski definition) is 1. The highest BCUT2D eigenvalue weighted by atomic mass is 16.1. The normalized spacial score (nSPS) is 10.8. The third-order valence-electron chi connectivity index (χ3n) is 2.97. The summed E-state index contributed by atoms with van der Waals surface area (Å²) in [4.78, 5) is 11.6. The number of carbonyl (C=O) groups is 1. The molecular weight excluding hydrogens is 234 g/mol. The Hall–Kier alpha value is -1.57. The molecule has 1 amide bonds. The highest BCUT2D eigenvalue weighted by molar-refractivity contribution is 5.90. The van der Waals surface area contributed by atoms with Crippen LogP contribution in [0.15, 0.2) is 36.4 Å². The van der Waals surface area contributed by atoms with Crippen molar-refractivity contribution >= 4 is 11.6 Å². The molecule has 0 heterocycles. The van der Waals surface area contributed by atoms with Gasteiger partial charge in [0.25, 0.3) is 0 Å². The van der Waals surface area contributed by atoms with E-state index in [9.17, 15) is 4.79 Å². The van der Waals surface area contributed by atoms with E-state index in [0.29, 0.717) is 6.42 Å². The van der Waals surface area contributed by atoms with Gasteiger partial charge in [0.1, 0.15) is 0 Å². The second-order valence-electron chi connectivity index (χ2n) is 4.81. The minimum atomic E-state index is 0.109. The summed E-state index contributed by atoms with van der Waals surface area (Å²) >= 11 is 0. The summed E-state index contributed by atoms with van der Waals surface area (Å²) in [6, 6.07) is 8.11. The maximum atomic E-state index is 11.6. The molecule has 0 bridgehead atoms. The molecule has 1 aromatic carbocycles. The molecule has 0 saturated carbocycles. The number of anilines is 1. The molecule has 1 N–H and O–H groups in total. The number of hydrogen-bond acceptors (Lipinski definition) is 1. The van der Waals surface area contributed by atoms with Gasteiger partial charge in [-0.1, -0.05) is 51.0 Å². The predicted molar refractivity (Wildman–Crippen MR) is 82.3 cm³/mol. The third kappa shape index (κ3) is 6.80. The Morgan fingerprint density at radius 3 is 2.47 bits per heavy atom. The van der Waals surface area contributed by atoms with Crippen molar-refractivity contribution in [3.05, 3.63) is 42.0 Å². The lowest BCUT2D eigenvalue weighted by molar-refractivity contribution is -0.116. The Labute approximate surface area is 116 Å². The van der Waals surface area contributed by atoms with E-state index in [1.165, 1.54) is 12.0 Å². The first kappa shape index (κ1) is 15.5. The van der Waals surface area contributed by atoms with Gasteiger partial charge in [0, 0.05) is 12.1 Å². The van der Waals surface area contributed by atoms with Crippen molar-refractivity contribution in [2.75, 3.05) is 5.32 Å². The number of nitrogens with one attached hydrogen (secondary N) is 1. The van der Waals surface area contributed by atoms with Crippen molar-refractivity contribution in [3.63, 3.8) is 0 Å². The first-order valence-electron chi connectivity index (χ1n) is 7.30. The summed E-state index contributed by atoms with van der Waals surface area (Å²) in [7, 11) is 0. The van der Waals surface area contributed by atoms with Gasteiger partial charge in [-0.2, -0.15) is 0 Å². The predicted octanol–water partition coefficient (Wildman–Crippen LogP) is 4.71. The molecule has 1 aromatic rings. The van der Waals surface area contributed by atoms with Crippen LogP contribution < -0.4 is 5.32 Å². The van der Waals surface area contributed by atoms with E-state index in [4.69, 9.17) is 0 Å². The van der Waals surface area contributed by atoms with Crippen LogP contribution in [0.1, 0.15) is 51.5 Å². The van der Waals surface area contributed by atoms with E-state index in [-0.39, 0.29) is 5.91 Å². The van der Waals surface area contributed by atoms with E-state index in [0.717, 1.165) is 31.4 Å². The Morgan fingerprint density at radius 1 is 1.11 bits per heavy atom. The highest BCUT2D eigenvalue weighted by Crippen LogP contribution is 2.11. The summed E-state index contributed by atoms with van der Waals surface area (Å²) in [6.07, 6.45) is 10.3.